The van der Waals surface area contributed by atoms with Crippen LogP contribution in [0.15, 0.2) is 60.7 Å². The SMILES string of the molecule is NC[C@@H](CCc1ccccc1)c1ccccc1. The van der Waals surface area contributed by atoms with Gasteiger partial charge in [0.2, 0.25) is 0 Å². The summed E-state index contributed by atoms with van der Waals surface area (Å²) in [6.45, 7) is 0.719. The molecular formula is C16H19N. The first-order chi connectivity index (χ1) is 8.40. The van der Waals surface area contributed by atoms with E-state index in [9.17, 15) is 0 Å². The zero-order chi connectivity index (χ0) is 11.9. The molecule has 0 saturated heterocycles. The van der Waals surface area contributed by atoms with Gasteiger partial charge in [0.1, 0.15) is 0 Å². The average Bonchev–Trinajstić information content (AvgIpc) is 2.42. The number of aryl methyl sites for hydroxylation is 1. The van der Waals surface area contributed by atoms with Gasteiger partial charge in [-0.15, -0.1) is 0 Å². The third-order valence-electron chi connectivity index (χ3n) is 3.18. The van der Waals surface area contributed by atoms with Crippen molar-refractivity contribution < 1.29 is 0 Å². The van der Waals surface area contributed by atoms with Gasteiger partial charge >= 0.3 is 0 Å². The molecule has 0 aromatic heterocycles. The van der Waals surface area contributed by atoms with Crippen molar-refractivity contribution in [2.75, 3.05) is 6.54 Å². The van der Waals surface area contributed by atoms with Crippen LogP contribution in [-0.2, 0) is 6.42 Å². The molecule has 2 N–H and O–H groups in total. The molecule has 0 fully saturated rings. The fourth-order valence-corrected chi connectivity index (χ4v) is 2.13. The highest BCUT2D eigenvalue weighted by Crippen LogP contribution is 2.20. The van der Waals surface area contributed by atoms with E-state index in [0.717, 1.165) is 19.4 Å². The Labute approximate surface area is 103 Å². The van der Waals surface area contributed by atoms with Gasteiger partial charge in [-0.25, -0.2) is 0 Å². The molecule has 0 heterocycles. The monoisotopic (exact) mass is 225 g/mol. The number of nitrogens with two attached hydrogens (primary N) is 1. The molecule has 0 aliphatic heterocycles. The molecule has 0 aliphatic carbocycles. The molecule has 0 radical (unpaired) electrons. The Kier molecular flexibility index (Phi) is 4.34. The summed E-state index contributed by atoms with van der Waals surface area (Å²) >= 11 is 0. The van der Waals surface area contributed by atoms with E-state index in [0.29, 0.717) is 5.92 Å². The first-order valence-corrected chi connectivity index (χ1v) is 6.19. The van der Waals surface area contributed by atoms with Crippen molar-refractivity contribution in [1.29, 1.82) is 0 Å². The second-order valence-corrected chi connectivity index (χ2v) is 4.37. The van der Waals surface area contributed by atoms with Crippen LogP contribution in [0.4, 0.5) is 0 Å². The fourth-order valence-electron chi connectivity index (χ4n) is 2.13. The largest absolute Gasteiger partial charge is 0.330 e. The second kappa shape index (κ2) is 6.21. The molecule has 0 unspecified atom stereocenters. The van der Waals surface area contributed by atoms with Gasteiger partial charge in [-0.3, -0.25) is 0 Å². The Hall–Kier alpha value is -1.60. The van der Waals surface area contributed by atoms with Crippen LogP contribution in [0, 0.1) is 0 Å². The molecule has 1 heteroatoms. The molecular weight excluding hydrogens is 206 g/mol. The van der Waals surface area contributed by atoms with Gasteiger partial charge in [-0.1, -0.05) is 60.7 Å². The minimum atomic E-state index is 0.469. The van der Waals surface area contributed by atoms with Gasteiger partial charge in [-0.05, 0) is 36.4 Å². The van der Waals surface area contributed by atoms with Crippen molar-refractivity contribution in [3.63, 3.8) is 0 Å². The summed E-state index contributed by atoms with van der Waals surface area (Å²) < 4.78 is 0. The quantitative estimate of drug-likeness (QED) is 0.829. The van der Waals surface area contributed by atoms with E-state index in [4.69, 9.17) is 5.73 Å². The highest BCUT2D eigenvalue weighted by Gasteiger charge is 2.08. The fraction of sp³-hybridized carbons (Fsp3) is 0.250. The highest BCUT2D eigenvalue weighted by molar-refractivity contribution is 5.21. The Morgan fingerprint density at radius 1 is 0.824 bits per heavy atom. The van der Waals surface area contributed by atoms with Crippen molar-refractivity contribution in [3.05, 3.63) is 71.8 Å². The molecule has 1 atom stereocenters. The van der Waals surface area contributed by atoms with Crippen LogP contribution in [0.3, 0.4) is 0 Å². The van der Waals surface area contributed by atoms with Crippen molar-refractivity contribution in [1.82, 2.24) is 0 Å². The van der Waals surface area contributed by atoms with Gasteiger partial charge in [-0.2, -0.15) is 0 Å². The maximum absolute atomic E-state index is 5.87. The van der Waals surface area contributed by atoms with Gasteiger partial charge in [0.25, 0.3) is 0 Å². The van der Waals surface area contributed by atoms with E-state index in [-0.39, 0.29) is 0 Å². The number of rotatable bonds is 5. The second-order valence-electron chi connectivity index (χ2n) is 4.37. The summed E-state index contributed by atoms with van der Waals surface area (Å²) in [5.74, 6) is 0.469. The standard InChI is InChI=1S/C16H19N/c17-13-16(15-9-5-2-6-10-15)12-11-14-7-3-1-4-8-14/h1-10,16H,11-13,17H2/t16-/m1/s1. The summed E-state index contributed by atoms with van der Waals surface area (Å²) in [6, 6.07) is 21.2. The lowest BCUT2D eigenvalue weighted by Gasteiger charge is -2.15. The lowest BCUT2D eigenvalue weighted by molar-refractivity contribution is 0.634. The number of hydrogen-bond acceptors (Lipinski definition) is 1. The van der Waals surface area contributed by atoms with Gasteiger partial charge in [0, 0.05) is 0 Å². The smallest absolute Gasteiger partial charge is 0.000812 e. The summed E-state index contributed by atoms with van der Waals surface area (Å²) in [6.07, 6.45) is 2.21. The van der Waals surface area contributed by atoms with Crippen LogP contribution < -0.4 is 5.73 Å². The maximum atomic E-state index is 5.87. The topological polar surface area (TPSA) is 26.0 Å². The van der Waals surface area contributed by atoms with Crippen LogP contribution in [-0.4, -0.2) is 6.54 Å². The van der Waals surface area contributed by atoms with Crippen LogP contribution in [0.25, 0.3) is 0 Å². The van der Waals surface area contributed by atoms with Crippen molar-refractivity contribution in [3.8, 4) is 0 Å². The Bertz CT molecular complexity index is 422. The van der Waals surface area contributed by atoms with Crippen LogP contribution in [0.5, 0.6) is 0 Å². The molecule has 1 nitrogen and oxygen atoms in total. The predicted octanol–water partition coefficient (Wildman–Crippen LogP) is 3.36. The Morgan fingerprint density at radius 3 is 2.00 bits per heavy atom. The molecule has 0 bridgehead atoms. The van der Waals surface area contributed by atoms with Gasteiger partial charge < -0.3 is 5.73 Å². The van der Waals surface area contributed by atoms with Gasteiger partial charge in [0.15, 0.2) is 0 Å². The minimum absolute atomic E-state index is 0.469. The number of benzene rings is 2. The van der Waals surface area contributed by atoms with Crippen LogP contribution in [0.2, 0.25) is 0 Å². The Balaban J connectivity index is 1.97. The summed E-state index contributed by atoms with van der Waals surface area (Å²) in [4.78, 5) is 0. The van der Waals surface area contributed by atoms with E-state index in [1.54, 1.807) is 0 Å². The minimum Gasteiger partial charge on any atom is -0.330 e. The third kappa shape index (κ3) is 3.43. The first-order valence-electron chi connectivity index (χ1n) is 6.19. The van der Waals surface area contributed by atoms with Crippen molar-refractivity contribution in [2.45, 2.75) is 18.8 Å². The average molecular weight is 225 g/mol. The molecule has 0 amide bonds. The van der Waals surface area contributed by atoms with E-state index >= 15 is 0 Å². The summed E-state index contributed by atoms with van der Waals surface area (Å²) in [5.41, 5.74) is 8.61. The lowest BCUT2D eigenvalue weighted by Crippen LogP contribution is -2.13. The van der Waals surface area contributed by atoms with E-state index in [2.05, 4.69) is 54.6 Å². The Morgan fingerprint density at radius 2 is 1.41 bits per heavy atom. The summed E-state index contributed by atoms with van der Waals surface area (Å²) in [5, 5.41) is 0. The zero-order valence-corrected chi connectivity index (χ0v) is 10.0. The summed E-state index contributed by atoms with van der Waals surface area (Å²) in [7, 11) is 0. The molecule has 2 aromatic rings. The predicted molar refractivity (Wildman–Crippen MR) is 73.0 cm³/mol. The van der Waals surface area contributed by atoms with E-state index in [1.807, 2.05) is 6.07 Å². The maximum Gasteiger partial charge on any atom is -0.000812 e. The molecule has 0 saturated carbocycles. The normalized spacial score (nSPS) is 12.3. The van der Waals surface area contributed by atoms with Crippen molar-refractivity contribution in [2.24, 2.45) is 5.73 Å². The lowest BCUT2D eigenvalue weighted by atomic mass is 9.92. The molecule has 2 aromatic carbocycles. The molecule has 88 valence electrons. The van der Waals surface area contributed by atoms with E-state index < -0.39 is 0 Å². The molecule has 0 spiro atoms. The van der Waals surface area contributed by atoms with Gasteiger partial charge in [0.05, 0.1) is 0 Å². The van der Waals surface area contributed by atoms with Crippen LogP contribution >= 0.6 is 0 Å². The first kappa shape index (κ1) is 11.9. The zero-order valence-electron chi connectivity index (χ0n) is 10.0. The molecule has 2 rings (SSSR count). The third-order valence-corrected chi connectivity index (χ3v) is 3.18. The van der Waals surface area contributed by atoms with Crippen LogP contribution in [0.1, 0.15) is 23.5 Å². The van der Waals surface area contributed by atoms with Crippen molar-refractivity contribution >= 4 is 0 Å². The molecule has 17 heavy (non-hydrogen) atoms. The number of hydrogen-bond donors (Lipinski definition) is 1. The molecule has 0 aliphatic rings. The van der Waals surface area contributed by atoms with E-state index in [1.165, 1.54) is 11.1 Å². The highest BCUT2D eigenvalue weighted by atomic mass is 14.5.